The van der Waals surface area contributed by atoms with Gasteiger partial charge in [-0.3, -0.25) is 4.68 Å². The van der Waals surface area contributed by atoms with Crippen molar-refractivity contribution in [2.24, 2.45) is 0 Å². The minimum absolute atomic E-state index is 0.372. The first-order valence-electron chi connectivity index (χ1n) is 10.5. The van der Waals surface area contributed by atoms with Crippen molar-refractivity contribution in [3.05, 3.63) is 66.1 Å². The number of hydrogen-bond donors (Lipinski definition) is 2. The molecule has 4 aromatic rings. The molecular weight excluding hydrogens is 375 g/mol. The highest BCUT2D eigenvalue weighted by Crippen LogP contribution is 2.30. The van der Waals surface area contributed by atoms with Gasteiger partial charge in [-0.15, -0.1) is 0 Å². The Morgan fingerprint density at radius 3 is 2.73 bits per heavy atom. The third-order valence-corrected chi connectivity index (χ3v) is 5.98. The molecule has 2 N–H and O–H groups in total. The number of imidazole rings is 1. The van der Waals surface area contributed by atoms with Crippen molar-refractivity contribution < 1.29 is 5.02 Å². The van der Waals surface area contributed by atoms with E-state index in [9.17, 15) is 5.02 Å². The second-order valence-corrected chi connectivity index (χ2v) is 8.08. The zero-order chi connectivity index (χ0) is 20.5. The second kappa shape index (κ2) is 8.05. The van der Waals surface area contributed by atoms with Crippen LogP contribution in [-0.2, 0) is 6.54 Å². The Morgan fingerprint density at radius 2 is 1.97 bits per heavy atom. The van der Waals surface area contributed by atoms with Crippen LogP contribution in [0.2, 0.25) is 6.82 Å². The molecule has 152 valence electrons. The molecule has 0 atom stereocenters. The van der Waals surface area contributed by atoms with Crippen molar-refractivity contribution in [1.82, 2.24) is 29.5 Å². The van der Waals surface area contributed by atoms with E-state index in [2.05, 4.69) is 38.1 Å². The fraction of sp³-hybridized carbons (Fsp3) is 0.318. The van der Waals surface area contributed by atoms with Gasteiger partial charge in [-0.05, 0) is 55.9 Å². The molecule has 1 aromatic carbocycles. The zero-order valence-electron chi connectivity index (χ0n) is 17.1. The van der Waals surface area contributed by atoms with Gasteiger partial charge in [0.2, 0.25) is 0 Å². The monoisotopic (exact) mass is 400 g/mol. The van der Waals surface area contributed by atoms with Crippen molar-refractivity contribution >= 4 is 18.2 Å². The summed E-state index contributed by atoms with van der Waals surface area (Å²) in [4.78, 5) is 14.8. The van der Waals surface area contributed by atoms with Gasteiger partial charge in [0.15, 0.2) is 5.65 Å². The van der Waals surface area contributed by atoms with Gasteiger partial charge in [0.1, 0.15) is 11.3 Å². The molecule has 0 bridgehead atoms. The highest BCUT2D eigenvalue weighted by Gasteiger charge is 2.25. The number of H-pyrrole nitrogens is 1. The molecule has 0 aliphatic carbocycles. The van der Waals surface area contributed by atoms with Crippen LogP contribution < -0.4 is 0 Å². The highest BCUT2D eigenvalue weighted by molar-refractivity contribution is 6.45. The van der Waals surface area contributed by atoms with E-state index in [-0.39, 0.29) is 7.05 Å². The van der Waals surface area contributed by atoms with Crippen molar-refractivity contribution in [1.29, 1.82) is 0 Å². The summed E-state index contributed by atoms with van der Waals surface area (Å²) in [7, 11) is -0.372. The van der Waals surface area contributed by atoms with Gasteiger partial charge < -0.3 is 14.8 Å². The van der Waals surface area contributed by atoms with E-state index in [1.807, 2.05) is 48.3 Å². The number of aromatic nitrogens is 5. The van der Waals surface area contributed by atoms with Gasteiger partial charge in [0.25, 0.3) is 0 Å². The minimum Gasteiger partial charge on any atom is -0.437 e. The summed E-state index contributed by atoms with van der Waals surface area (Å²) in [6.07, 6.45) is 7.87. The summed E-state index contributed by atoms with van der Waals surface area (Å²) in [6.45, 7) is 4.38. The Kier molecular flexibility index (Phi) is 5.10. The Bertz CT molecular complexity index is 1130. The van der Waals surface area contributed by atoms with Crippen molar-refractivity contribution in [3.8, 4) is 11.4 Å². The summed E-state index contributed by atoms with van der Waals surface area (Å²) < 4.78 is 1.92. The number of fused-ring (bicyclic) bond motifs is 1. The summed E-state index contributed by atoms with van der Waals surface area (Å²) in [5.41, 5.74) is 5.08. The number of nitrogens with one attached hydrogen (secondary N) is 1. The maximum atomic E-state index is 9.76. The fourth-order valence-corrected chi connectivity index (χ4v) is 4.22. The van der Waals surface area contributed by atoms with Crippen molar-refractivity contribution in [2.75, 3.05) is 13.1 Å². The molecule has 0 amide bonds. The number of hydrogen-bond acceptors (Lipinski definition) is 5. The molecule has 1 fully saturated rings. The smallest absolute Gasteiger partial charge is 0.376 e. The maximum absolute atomic E-state index is 9.76. The summed E-state index contributed by atoms with van der Waals surface area (Å²) >= 11 is 0. The second-order valence-electron chi connectivity index (χ2n) is 8.08. The maximum Gasteiger partial charge on any atom is 0.376 e. The Labute approximate surface area is 175 Å². The van der Waals surface area contributed by atoms with E-state index >= 15 is 0 Å². The molecule has 30 heavy (non-hydrogen) atoms. The molecule has 0 saturated carbocycles. The lowest BCUT2D eigenvalue weighted by molar-refractivity contribution is 0.289. The van der Waals surface area contributed by atoms with Crippen molar-refractivity contribution in [2.45, 2.75) is 32.1 Å². The normalized spacial score (nSPS) is 15.7. The van der Waals surface area contributed by atoms with Crippen LogP contribution in [0.25, 0.3) is 22.6 Å². The van der Waals surface area contributed by atoms with Crippen LogP contribution in [0.4, 0.5) is 0 Å². The fourth-order valence-electron chi connectivity index (χ4n) is 4.22. The van der Waals surface area contributed by atoms with Crippen LogP contribution in [0.5, 0.6) is 0 Å². The van der Waals surface area contributed by atoms with Crippen molar-refractivity contribution in [3.63, 3.8) is 0 Å². The number of nitrogens with zero attached hydrogens (tertiary/aromatic N) is 5. The van der Waals surface area contributed by atoms with Gasteiger partial charge in [0.05, 0.1) is 18.3 Å². The number of pyridine rings is 1. The average molecular weight is 400 g/mol. The van der Waals surface area contributed by atoms with E-state index in [0.717, 1.165) is 55.0 Å². The molecule has 0 unspecified atom stereocenters. The number of aromatic amines is 1. The largest absolute Gasteiger partial charge is 0.437 e. The number of rotatable bonds is 5. The van der Waals surface area contributed by atoms with Crippen LogP contribution in [0.3, 0.4) is 0 Å². The lowest BCUT2D eigenvalue weighted by Gasteiger charge is -2.32. The Morgan fingerprint density at radius 1 is 1.17 bits per heavy atom. The van der Waals surface area contributed by atoms with E-state index in [1.54, 1.807) is 0 Å². The molecule has 7 nitrogen and oxygen atoms in total. The van der Waals surface area contributed by atoms with Gasteiger partial charge >= 0.3 is 7.05 Å². The summed E-state index contributed by atoms with van der Waals surface area (Å²) in [5.74, 6) is 1.25. The molecule has 1 aliphatic heterocycles. The lowest BCUT2D eigenvalue weighted by Crippen LogP contribution is -2.42. The van der Waals surface area contributed by atoms with E-state index in [4.69, 9.17) is 4.98 Å². The van der Waals surface area contributed by atoms with Gasteiger partial charge in [-0.25, -0.2) is 9.97 Å². The predicted molar refractivity (Wildman–Crippen MR) is 118 cm³/mol. The molecule has 0 spiro atoms. The summed E-state index contributed by atoms with van der Waals surface area (Å²) in [5, 5.41) is 14.2. The van der Waals surface area contributed by atoms with E-state index in [0.29, 0.717) is 5.92 Å². The van der Waals surface area contributed by atoms with Gasteiger partial charge in [-0.1, -0.05) is 30.3 Å². The SMILES string of the molecule is CB(O)N1CCC(c2cnc3[nH]c(-c4cnn(Cc5ccccc5)c4)nc3c2)CC1. The average Bonchev–Trinajstić information content (AvgIpc) is 3.41. The first-order valence-corrected chi connectivity index (χ1v) is 10.5. The van der Waals surface area contributed by atoms with E-state index in [1.165, 1.54) is 11.1 Å². The first kappa shape index (κ1) is 19.0. The quantitative estimate of drug-likeness (QED) is 0.503. The number of benzene rings is 1. The minimum atomic E-state index is -0.372. The molecule has 4 heterocycles. The zero-order valence-corrected chi connectivity index (χ0v) is 17.1. The molecule has 1 saturated heterocycles. The standard InChI is InChI=1S/C22H25BN6O/c1-23(30)28-9-7-17(8-10-28)18-11-20-22(24-12-18)27-21(26-20)19-13-25-29(15-19)14-16-5-3-2-4-6-16/h2-6,11-13,15,17,30H,7-10,14H2,1H3,(H,24,26,27). The molecule has 1 aliphatic rings. The first-order chi connectivity index (χ1) is 14.7. The Balaban J connectivity index is 1.33. The Hall–Kier alpha value is -2.97. The number of piperidine rings is 1. The van der Waals surface area contributed by atoms with Crippen LogP contribution in [0.15, 0.2) is 55.0 Å². The van der Waals surface area contributed by atoms with Gasteiger partial charge in [-0.2, -0.15) is 5.10 Å². The molecular formula is C22H25BN6O. The van der Waals surface area contributed by atoms with Crippen LogP contribution in [0, 0.1) is 0 Å². The third kappa shape index (κ3) is 3.88. The summed E-state index contributed by atoms with van der Waals surface area (Å²) in [6, 6.07) is 12.4. The van der Waals surface area contributed by atoms with Crippen LogP contribution >= 0.6 is 0 Å². The molecule has 0 radical (unpaired) electrons. The highest BCUT2D eigenvalue weighted by atomic mass is 16.2. The molecule has 3 aromatic heterocycles. The third-order valence-electron chi connectivity index (χ3n) is 5.98. The topological polar surface area (TPSA) is 82.9 Å². The molecule has 5 rings (SSSR count). The van der Waals surface area contributed by atoms with E-state index < -0.39 is 0 Å². The molecule has 8 heteroatoms. The van der Waals surface area contributed by atoms with Crippen LogP contribution in [0.1, 0.15) is 29.9 Å². The lowest BCUT2D eigenvalue weighted by atomic mass is 9.79. The van der Waals surface area contributed by atoms with Crippen LogP contribution in [-0.4, -0.2) is 54.7 Å². The predicted octanol–water partition coefficient (Wildman–Crippen LogP) is 3.16. The van der Waals surface area contributed by atoms with Gasteiger partial charge in [0, 0.05) is 12.4 Å².